The molecule has 2 aromatic heterocycles. The van der Waals surface area contributed by atoms with Gasteiger partial charge in [-0.3, -0.25) is 4.79 Å². The van der Waals surface area contributed by atoms with Crippen molar-refractivity contribution in [2.45, 2.75) is 44.0 Å². The van der Waals surface area contributed by atoms with E-state index < -0.39 is 17.8 Å². The molecular weight excluding hydrogens is 403 g/mol. The molecule has 1 saturated carbocycles. The number of hydrogen-bond acceptors (Lipinski definition) is 6. The minimum absolute atomic E-state index is 0.0978. The molecule has 0 bridgehead atoms. The van der Waals surface area contributed by atoms with Gasteiger partial charge in [0.25, 0.3) is 5.91 Å². The molecule has 3 rings (SSSR count). The first kappa shape index (κ1) is 22.2. The monoisotopic (exact) mass is 427 g/mol. The first-order valence-electron chi connectivity index (χ1n) is 9.62. The maximum atomic E-state index is 13.3. The molecule has 11 heteroatoms. The number of alkyl halides is 3. The van der Waals surface area contributed by atoms with Gasteiger partial charge in [0, 0.05) is 26.3 Å². The summed E-state index contributed by atoms with van der Waals surface area (Å²) in [5.74, 6) is -0.861. The van der Waals surface area contributed by atoms with E-state index in [0.717, 1.165) is 12.8 Å². The molecular formula is C19H24F3N5O3. The number of amides is 1. The van der Waals surface area contributed by atoms with Gasteiger partial charge < -0.3 is 19.4 Å². The number of methoxy groups -OCH3 is 1. The van der Waals surface area contributed by atoms with Crippen LogP contribution in [0.3, 0.4) is 0 Å². The van der Waals surface area contributed by atoms with E-state index in [1.807, 2.05) is 0 Å². The molecule has 2 heterocycles. The zero-order chi connectivity index (χ0) is 21.7. The van der Waals surface area contributed by atoms with Gasteiger partial charge in [-0.1, -0.05) is 0 Å². The van der Waals surface area contributed by atoms with Gasteiger partial charge in [-0.15, -0.1) is 0 Å². The molecule has 1 fully saturated rings. The van der Waals surface area contributed by atoms with Crippen molar-refractivity contribution >= 4 is 5.91 Å². The van der Waals surface area contributed by atoms with Crippen molar-refractivity contribution in [1.82, 2.24) is 24.8 Å². The van der Waals surface area contributed by atoms with Gasteiger partial charge in [-0.2, -0.15) is 13.2 Å². The summed E-state index contributed by atoms with van der Waals surface area (Å²) in [4.78, 5) is 24.2. The molecule has 2 aromatic rings. The minimum atomic E-state index is -4.71. The highest BCUT2D eigenvalue weighted by Crippen LogP contribution is 2.30. The predicted molar refractivity (Wildman–Crippen MR) is 101 cm³/mol. The molecule has 164 valence electrons. The standard InChI is InChI=1S/C19H24F3N5O3/c1-27-11-23-10-15(27)17-25-14(9-16(26-17)19(20,21)22)18(28)24-12-3-5-13(6-4-12)30-8-7-29-2/h9-13H,3-8H2,1-2H3,(H,24,28). The van der Waals surface area contributed by atoms with Crippen molar-refractivity contribution in [3.63, 3.8) is 0 Å². The lowest BCUT2D eigenvalue weighted by molar-refractivity contribution is -0.141. The molecule has 8 nitrogen and oxygen atoms in total. The summed E-state index contributed by atoms with van der Waals surface area (Å²) >= 11 is 0. The topological polar surface area (TPSA) is 91.2 Å². The van der Waals surface area contributed by atoms with Gasteiger partial charge in [0.2, 0.25) is 0 Å². The zero-order valence-electron chi connectivity index (χ0n) is 16.8. The lowest BCUT2D eigenvalue weighted by atomic mass is 9.93. The second kappa shape index (κ2) is 9.52. The van der Waals surface area contributed by atoms with Crippen LogP contribution in [0.4, 0.5) is 13.2 Å². The number of hydrogen-bond donors (Lipinski definition) is 1. The fraction of sp³-hybridized carbons (Fsp3) is 0.579. The smallest absolute Gasteiger partial charge is 0.382 e. The van der Waals surface area contributed by atoms with E-state index >= 15 is 0 Å². The first-order chi connectivity index (χ1) is 14.3. The van der Waals surface area contributed by atoms with Crippen LogP contribution >= 0.6 is 0 Å². The van der Waals surface area contributed by atoms with Crippen LogP contribution < -0.4 is 5.32 Å². The maximum Gasteiger partial charge on any atom is 0.433 e. The quantitative estimate of drug-likeness (QED) is 0.683. The number of nitrogens with one attached hydrogen (secondary N) is 1. The van der Waals surface area contributed by atoms with Crippen molar-refractivity contribution in [2.75, 3.05) is 20.3 Å². The Hall–Kier alpha value is -2.53. The number of aryl methyl sites for hydroxylation is 1. The molecule has 0 aromatic carbocycles. The Bertz CT molecular complexity index is 863. The molecule has 1 aliphatic rings. The molecule has 0 saturated heterocycles. The predicted octanol–water partition coefficient (Wildman–Crippen LogP) is 2.60. The average Bonchev–Trinajstić information content (AvgIpc) is 3.14. The Balaban J connectivity index is 1.71. The zero-order valence-corrected chi connectivity index (χ0v) is 16.8. The second-order valence-electron chi connectivity index (χ2n) is 7.16. The van der Waals surface area contributed by atoms with Crippen LogP contribution in [0.1, 0.15) is 41.9 Å². The maximum absolute atomic E-state index is 13.3. The van der Waals surface area contributed by atoms with Gasteiger partial charge in [0.15, 0.2) is 5.82 Å². The van der Waals surface area contributed by atoms with E-state index in [-0.39, 0.29) is 29.4 Å². The highest BCUT2D eigenvalue weighted by atomic mass is 19.4. The fourth-order valence-corrected chi connectivity index (χ4v) is 3.33. The highest BCUT2D eigenvalue weighted by Gasteiger charge is 2.35. The van der Waals surface area contributed by atoms with Gasteiger partial charge in [0.1, 0.15) is 17.1 Å². The van der Waals surface area contributed by atoms with E-state index in [2.05, 4.69) is 20.3 Å². The molecule has 0 atom stereocenters. The first-order valence-corrected chi connectivity index (χ1v) is 9.62. The molecule has 0 aliphatic heterocycles. The summed E-state index contributed by atoms with van der Waals surface area (Å²) in [5.41, 5.74) is -1.22. The summed E-state index contributed by atoms with van der Waals surface area (Å²) in [6.07, 6.45) is 1.03. The highest BCUT2D eigenvalue weighted by molar-refractivity contribution is 5.93. The van der Waals surface area contributed by atoms with Crippen molar-refractivity contribution in [3.8, 4) is 11.5 Å². The molecule has 0 spiro atoms. The number of carbonyl (C=O) groups excluding carboxylic acids is 1. The number of aromatic nitrogens is 4. The number of nitrogens with zero attached hydrogens (tertiary/aromatic N) is 4. The lowest BCUT2D eigenvalue weighted by Gasteiger charge is -2.29. The number of carbonyl (C=O) groups is 1. The molecule has 0 unspecified atom stereocenters. The Morgan fingerprint density at radius 3 is 2.57 bits per heavy atom. The van der Waals surface area contributed by atoms with Crippen LogP contribution in [-0.4, -0.2) is 57.9 Å². The third-order valence-electron chi connectivity index (χ3n) is 4.95. The number of halogens is 3. The lowest BCUT2D eigenvalue weighted by Crippen LogP contribution is -2.39. The summed E-state index contributed by atoms with van der Waals surface area (Å²) < 4.78 is 52.1. The van der Waals surface area contributed by atoms with Gasteiger partial charge >= 0.3 is 6.18 Å². The summed E-state index contributed by atoms with van der Waals surface area (Å²) in [5, 5.41) is 2.79. The number of ether oxygens (including phenoxy) is 2. The summed E-state index contributed by atoms with van der Waals surface area (Å²) in [7, 11) is 3.21. The third kappa shape index (κ3) is 5.54. The molecule has 1 N–H and O–H groups in total. The minimum Gasteiger partial charge on any atom is -0.382 e. The molecule has 1 aliphatic carbocycles. The number of imidazole rings is 1. The van der Waals surface area contributed by atoms with E-state index in [0.29, 0.717) is 32.1 Å². The molecule has 30 heavy (non-hydrogen) atoms. The van der Waals surface area contributed by atoms with Gasteiger partial charge in [-0.05, 0) is 25.7 Å². The van der Waals surface area contributed by atoms with Crippen molar-refractivity contribution < 1.29 is 27.4 Å². The number of rotatable bonds is 7. The van der Waals surface area contributed by atoms with E-state index in [1.54, 1.807) is 14.2 Å². The van der Waals surface area contributed by atoms with E-state index in [4.69, 9.17) is 9.47 Å². The molecule has 0 radical (unpaired) electrons. The van der Waals surface area contributed by atoms with Crippen LogP contribution in [0.15, 0.2) is 18.6 Å². The van der Waals surface area contributed by atoms with Crippen LogP contribution in [0, 0.1) is 0 Å². The van der Waals surface area contributed by atoms with Crippen LogP contribution in [0.2, 0.25) is 0 Å². The van der Waals surface area contributed by atoms with Crippen molar-refractivity contribution in [3.05, 3.63) is 30.0 Å². The summed E-state index contributed by atoms with van der Waals surface area (Å²) in [6.45, 7) is 1.03. The van der Waals surface area contributed by atoms with E-state index in [9.17, 15) is 18.0 Å². The Labute approximate surface area is 171 Å². The Morgan fingerprint density at radius 1 is 1.23 bits per heavy atom. The van der Waals surface area contributed by atoms with Crippen LogP contribution in [-0.2, 0) is 22.7 Å². The van der Waals surface area contributed by atoms with Crippen LogP contribution in [0.5, 0.6) is 0 Å². The Morgan fingerprint density at radius 2 is 1.97 bits per heavy atom. The third-order valence-corrected chi connectivity index (χ3v) is 4.95. The second-order valence-corrected chi connectivity index (χ2v) is 7.16. The van der Waals surface area contributed by atoms with Crippen molar-refractivity contribution in [1.29, 1.82) is 0 Å². The normalized spacial score (nSPS) is 19.6. The van der Waals surface area contributed by atoms with Crippen LogP contribution in [0.25, 0.3) is 11.5 Å². The summed E-state index contributed by atoms with van der Waals surface area (Å²) in [6, 6.07) is 0.526. The fourth-order valence-electron chi connectivity index (χ4n) is 3.33. The largest absolute Gasteiger partial charge is 0.433 e. The Kier molecular flexibility index (Phi) is 7.03. The average molecular weight is 427 g/mol. The molecule has 1 amide bonds. The van der Waals surface area contributed by atoms with Gasteiger partial charge in [0.05, 0.1) is 31.8 Å². The van der Waals surface area contributed by atoms with Gasteiger partial charge in [-0.25, -0.2) is 15.0 Å². The SMILES string of the molecule is COCCOC1CCC(NC(=O)c2cc(C(F)(F)F)nc(-c3cncn3C)n2)CC1. The van der Waals surface area contributed by atoms with Crippen molar-refractivity contribution in [2.24, 2.45) is 7.05 Å². The van der Waals surface area contributed by atoms with E-state index in [1.165, 1.54) is 17.1 Å².